The third kappa shape index (κ3) is 50.0. The van der Waals surface area contributed by atoms with Gasteiger partial charge in [0.05, 0.1) is 0 Å². The Labute approximate surface area is 390 Å². The van der Waals surface area contributed by atoms with Crippen LogP contribution in [0.2, 0.25) is 0 Å². The van der Waals surface area contributed by atoms with Gasteiger partial charge in [-0.3, -0.25) is 14.4 Å². The molecule has 6 heteroatoms. The van der Waals surface area contributed by atoms with Crippen LogP contribution >= 0.6 is 0 Å². The molecule has 0 aliphatic carbocycles. The van der Waals surface area contributed by atoms with Crippen molar-refractivity contribution >= 4 is 17.9 Å². The lowest BCUT2D eigenvalue weighted by atomic mass is 10.0. The van der Waals surface area contributed by atoms with Gasteiger partial charge in [0, 0.05) is 19.3 Å². The van der Waals surface area contributed by atoms with Crippen molar-refractivity contribution in [3.63, 3.8) is 0 Å². The van der Waals surface area contributed by atoms with Crippen molar-refractivity contribution in [2.24, 2.45) is 0 Å². The topological polar surface area (TPSA) is 78.9 Å². The summed E-state index contributed by atoms with van der Waals surface area (Å²) in [6, 6.07) is 0. The van der Waals surface area contributed by atoms with Crippen molar-refractivity contribution in [1.82, 2.24) is 0 Å². The molecule has 0 N–H and O–H groups in total. The van der Waals surface area contributed by atoms with Gasteiger partial charge in [-0.25, -0.2) is 0 Å². The predicted molar refractivity (Wildman–Crippen MR) is 270 cm³/mol. The molecule has 0 aromatic rings. The summed E-state index contributed by atoms with van der Waals surface area (Å²) in [5, 5.41) is 0. The summed E-state index contributed by atoms with van der Waals surface area (Å²) in [6.45, 7) is 6.48. The van der Waals surface area contributed by atoms with E-state index < -0.39 is 6.10 Å². The van der Waals surface area contributed by atoms with Gasteiger partial charge < -0.3 is 14.2 Å². The van der Waals surface area contributed by atoms with Crippen LogP contribution in [-0.2, 0) is 28.6 Å². The number of carbonyl (C=O) groups excluding carboxylic acids is 3. The number of hydrogen-bond donors (Lipinski definition) is 0. The summed E-state index contributed by atoms with van der Waals surface area (Å²) in [5.41, 5.74) is 0. The number of rotatable bonds is 48. The Bertz CT molecular complexity index is 1150. The van der Waals surface area contributed by atoms with Gasteiger partial charge in [-0.1, -0.05) is 242 Å². The number of ether oxygens (including phenoxy) is 3. The van der Waals surface area contributed by atoms with E-state index in [0.717, 1.165) is 96.3 Å². The third-order valence-electron chi connectivity index (χ3n) is 11.6. The number of carbonyl (C=O) groups is 3. The highest BCUT2D eigenvalue weighted by molar-refractivity contribution is 5.71. The third-order valence-corrected chi connectivity index (χ3v) is 11.6. The maximum atomic E-state index is 12.8. The zero-order valence-electron chi connectivity index (χ0n) is 41.6. The first kappa shape index (κ1) is 60.1. The average molecular weight is 881 g/mol. The molecule has 0 spiro atoms. The lowest BCUT2D eigenvalue weighted by Gasteiger charge is -2.18. The van der Waals surface area contributed by atoms with Crippen LogP contribution < -0.4 is 0 Å². The summed E-state index contributed by atoms with van der Waals surface area (Å²) in [7, 11) is 0. The number of esters is 3. The number of allylic oxidation sites excluding steroid dienone is 10. The fraction of sp³-hybridized carbons (Fsp3) is 0.772. The van der Waals surface area contributed by atoms with Crippen LogP contribution in [0.3, 0.4) is 0 Å². The Morgan fingerprint density at radius 1 is 0.333 bits per heavy atom. The van der Waals surface area contributed by atoms with Gasteiger partial charge >= 0.3 is 17.9 Å². The molecule has 6 nitrogen and oxygen atoms in total. The van der Waals surface area contributed by atoms with E-state index in [9.17, 15) is 14.4 Å². The van der Waals surface area contributed by atoms with Crippen molar-refractivity contribution < 1.29 is 28.6 Å². The lowest BCUT2D eigenvalue weighted by molar-refractivity contribution is -0.167. The van der Waals surface area contributed by atoms with Gasteiger partial charge in [-0.05, 0) is 64.2 Å². The van der Waals surface area contributed by atoms with E-state index in [-0.39, 0.29) is 31.1 Å². The van der Waals surface area contributed by atoms with Crippen LogP contribution in [0.1, 0.15) is 265 Å². The number of unbranched alkanes of at least 4 members (excludes halogenated alkanes) is 30. The van der Waals surface area contributed by atoms with Gasteiger partial charge in [-0.2, -0.15) is 0 Å². The second kappa shape index (κ2) is 51.7. The summed E-state index contributed by atoms with van der Waals surface area (Å²) in [4.78, 5) is 38.0. The molecule has 1 unspecified atom stereocenters. The molecular formula is C57H100O6. The molecule has 1 atom stereocenters. The van der Waals surface area contributed by atoms with E-state index in [1.807, 2.05) is 18.2 Å². The molecule has 63 heavy (non-hydrogen) atoms. The van der Waals surface area contributed by atoms with Crippen LogP contribution in [0, 0.1) is 0 Å². The summed E-state index contributed by atoms with van der Waals surface area (Å²) in [5.74, 6) is -0.918. The molecule has 0 rings (SSSR count). The van der Waals surface area contributed by atoms with Crippen LogP contribution in [0.25, 0.3) is 0 Å². The first-order valence-electron chi connectivity index (χ1n) is 26.8. The minimum Gasteiger partial charge on any atom is -0.462 e. The van der Waals surface area contributed by atoms with E-state index in [0.29, 0.717) is 19.3 Å². The smallest absolute Gasteiger partial charge is 0.306 e. The lowest BCUT2D eigenvalue weighted by Crippen LogP contribution is -2.30. The second-order valence-electron chi connectivity index (χ2n) is 17.9. The minimum atomic E-state index is -0.790. The molecule has 0 heterocycles. The first-order chi connectivity index (χ1) is 31.0. The number of hydrogen-bond acceptors (Lipinski definition) is 6. The van der Waals surface area contributed by atoms with Gasteiger partial charge in [0.1, 0.15) is 13.2 Å². The van der Waals surface area contributed by atoms with Crippen LogP contribution in [0.15, 0.2) is 60.8 Å². The minimum absolute atomic E-state index is 0.0865. The maximum Gasteiger partial charge on any atom is 0.306 e. The van der Waals surface area contributed by atoms with Crippen LogP contribution in [0.5, 0.6) is 0 Å². The second-order valence-corrected chi connectivity index (χ2v) is 17.9. The molecular weight excluding hydrogens is 781 g/mol. The average Bonchev–Trinajstić information content (AvgIpc) is 3.28. The van der Waals surface area contributed by atoms with Crippen molar-refractivity contribution in [2.75, 3.05) is 13.2 Å². The highest BCUT2D eigenvalue weighted by Crippen LogP contribution is 2.16. The molecule has 0 saturated carbocycles. The molecule has 0 fully saturated rings. The standard InChI is InChI=1S/C57H100O6/c1-4-7-10-13-16-19-22-25-28-30-32-35-38-41-44-47-50-56(59)62-53-54(52-61-55(58)49-46-43-40-37-34-31-27-24-21-18-15-12-9-6-3)63-57(60)51-48-45-42-39-36-33-29-26-23-20-17-14-11-8-5-2/h8,11,14,17,20,23,26,29,31,34,54H,4-7,9-10,12-13,15-16,18-19,21-22,24-25,27-28,30,32-33,35-53H2,1-3H3/b11-8-,17-14-,23-20-,29-26-,34-31-. The van der Waals surface area contributed by atoms with E-state index in [1.165, 1.54) is 128 Å². The normalized spacial score (nSPS) is 12.5. The van der Waals surface area contributed by atoms with Crippen LogP contribution in [0.4, 0.5) is 0 Å². The zero-order valence-corrected chi connectivity index (χ0v) is 41.6. The Morgan fingerprint density at radius 2 is 0.635 bits per heavy atom. The Morgan fingerprint density at radius 3 is 1.03 bits per heavy atom. The summed E-state index contributed by atoms with van der Waals surface area (Å²) in [6.07, 6.45) is 63.5. The summed E-state index contributed by atoms with van der Waals surface area (Å²) < 4.78 is 16.8. The monoisotopic (exact) mass is 881 g/mol. The predicted octanol–water partition coefficient (Wildman–Crippen LogP) is 17.6. The van der Waals surface area contributed by atoms with E-state index in [2.05, 4.69) is 63.3 Å². The van der Waals surface area contributed by atoms with Gasteiger partial charge in [0.2, 0.25) is 0 Å². The van der Waals surface area contributed by atoms with Gasteiger partial charge in [0.25, 0.3) is 0 Å². The fourth-order valence-electron chi connectivity index (χ4n) is 7.57. The molecule has 0 aromatic heterocycles. The summed E-state index contributed by atoms with van der Waals surface area (Å²) >= 11 is 0. The van der Waals surface area contributed by atoms with E-state index >= 15 is 0 Å². The van der Waals surface area contributed by atoms with Crippen LogP contribution in [-0.4, -0.2) is 37.2 Å². The van der Waals surface area contributed by atoms with E-state index in [4.69, 9.17) is 14.2 Å². The zero-order chi connectivity index (χ0) is 45.8. The first-order valence-corrected chi connectivity index (χ1v) is 26.8. The van der Waals surface area contributed by atoms with E-state index in [1.54, 1.807) is 0 Å². The van der Waals surface area contributed by atoms with Crippen molar-refractivity contribution in [3.05, 3.63) is 60.8 Å². The Balaban J connectivity index is 4.42. The fourth-order valence-corrected chi connectivity index (χ4v) is 7.57. The Kier molecular flexibility index (Phi) is 49.4. The molecule has 0 saturated heterocycles. The molecule has 364 valence electrons. The molecule has 0 aliphatic heterocycles. The highest BCUT2D eigenvalue weighted by Gasteiger charge is 2.19. The molecule has 0 aromatic carbocycles. The highest BCUT2D eigenvalue weighted by atomic mass is 16.6. The quantitative estimate of drug-likeness (QED) is 0.0199. The van der Waals surface area contributed by atoms with Crippen molar-refractivity contribution in [1.29, 1.82) is 0 Å². The van der Waals surface area contributed by atoms with Crippen molar-refractivity contribution in [3.8, 4) is 0 Å². The molecule has 0 radical (unpaired) electrons. The largest absolute Gasteiger partial charge is 0.462 e. The Hall–Kier alpha value is -2.89. The van der Waals surface area contributed by atoms with Gasteiger partial charge in [0.15, 0.2) is 6.10 Å². The van der Waals surface area contributed by atoms with Crippen molar-refractivity contribution in [2.45, 2.75) is 271 Å². The molecule has 0 amide bonds. The molecule has 0 aliphatic rings. The SMILES string of the molecule is CC\C=C/C=C\C=C/C=C\CCCCCCCC(=O)OC(COC(=O)CCCCC/C=C\CCCCCCCCC)COC(=O)CCCCCCCCCCCCCCCCCC. The van der Waals surface area contributed by atoms with Gasteiger partial charge in [-0.15, -0.1) is 0 Å². The molecule has 0 bridgehead atoms. The maximum absolute atomic E-state index is 12.8.